The Labute approximate surface area is 484 Å². The molecule has 2 unspecified atom stereocenters. The number of hydrogen-bond donors (Lipinski definition) is 0. The summed E-state index contributed by atoms with van der Waals surface area (Å²) in [6, 6.07) is 0. The van der Waals surface area contributed by atoms with Crippen molar-refractivity contribution >= 4 is 19.8 Å². The van der Waals surface area contributed by atoms with Gasteiger partial charge in [-0.15, -0.1) is 0 Å². The predicted molar refractivity (Wildman–Crippen MR) is 333 cm³/mol. The van der Waals surface area contributed by atoms with Gasteiger partial charge in [0.25, 0.3) is 7.82 Å². The maximum Gasteiger partial charge on any atom is 0.306 e. The maximum absolute atomic E-state index is 12.8. The number of unbranched alkanes of at least 4 members (excludes halogenated alkanes) is 43. The molecule has 0 bridgehead atoms. The zero-order valence-corrected chi connectivity index (χ0v) is 53.3. The summed E-state index contributed by atoms with van der Waals surface area (Å²) in [7, 11) is 1.18. The van der Waals surface area contributed by atoms with Crippen molar-refractivity contribution in [2.24, 2.45) is 0 Å². The van der Waals surface area contributed by atoms with Crippen molar-refractivity contribution < 1.29 is 42.1 Å². The molecule has 0 saturated heterocycles. The van der Waals surface area contributed by atoms with E-state index in [2.05, 4.69) is 50.3 Å². The summed E-state index contributed by atoms with van der Waals surface area (Å²) in [5, 5.41) is 0. The van der Waals surface area contributed by atoms with E-state index < -0.39 is 26.5 Å². The Bertz CT molecular complexity index is 1410. The van der Waals surface area contributed by atoms with Gasteiger partial charge < -0.3 is 27.9 Å². The van der Waals surface area contributed by atoms with Crippen LogP contribution in [-0.4, -0.2) is 70.0 Å². The second-order valence-corrected chi connectivity index (χ2v) is 25.6. The quantitative estimate of drug-likeness (QED) is 0.0195. The van der Waals surface area contributed by atoms with E-state index in [0.29, 0.717) is 17.4 Å². The van der Waals surface area contributed by atoms with Crippen molar-refractivity contribution in [1.82, 2.24) is 0 Å². The summed E-state index contributed by atoms with van der Waals surface area (Å²) in [5.74, 6) is -0.818. The molecule has 0 radical (unpaired) electrons. The molecule has 0 aromatic rings. The van der Waals surface area contributed by atoms with E-state index in [1.165, 1.54) is 257 Å². The minimum Gasteiger partial charge on any atom is -0.756 e. The number of carbonyl (C=O) groups excluding carboxylic acids is 2. The van der Waals surface area contributed by atoms with Crippen molar-refractivity contribution in [3.8, 4) is 0 Å². The molecule has 0 aliphatic heterocycles. The molecule has 0 fully saturated rings. The molecule has 0 aliphatic carbocycles. The number of allylic oxidation sites excluding steroid dienone is 6. The fourth-order valence-corrected chi connectivity index (χ4v) is 10.6. The average Bonchev–Trinajstić information content (AvgIpc) is 3.40. The molecule has 0 heterocycles. The lowest BCUT2D eigenvalue weighted by Crippen LogP contribution is -2.37. The third kappa shape index (κ3) is 63.4. The van der Waals surface area contributed by atoms with Crippen LogP contribution in [0.4, 0.5) is 0 Å². The predicted octanol–water partition coefficient (Wildman–Crippen LogP) is 20.9. The van der Waals surface area contributed by atoms with Crippen molar-refractivity contribution in [2.75, 3.05) is 47.5 Å². The normalized spacial score (nSPS) is 13.4. The van der Waals surface area contributed by atoms with Crippen LogP contribution in [0, 0.1) is 0 Å². The molecule has 2 atom stereocenters. The first-order valence-electron chi connectivity index (χ1n) is 33.7. The van der Waals surface area contributed by atoms with E-state index in [-0.39, 0.29) is 32.0 Å². The third-order valence-corrected chi connectivity index (χ3v) is 16.1. The van der Waals surface area contributed by atoms with Crippen molar-refractivity contribution in [2.45, 2.75) is 341 Å². The van der Waals surface area contributed by atoms with Gasteiger partial charge in [-0.1, -0.05) is 288 Å². The molecule has 0 N–H and O–H groups in total. The van der Waals surface area contributed by atoms with Gasteiger partial charge in [-0.05, 0) is 70.6 Å². The SMILES string of the molecule is CCCCCCC/C=C\C/C=C\CCCCCCCCCCCCCC(=O)OC(COC(=O)CCCCCCCCCCCCCCCCCCCCC/C=C\CCCCCCCCCC)COP(=O)([O-])OCC[N+](C)(C)C. The van der Waals surface area contributed by atoms with Crippen LogP contribution in [-0.2, 0) is 32.7 Å². The second-order valence-electron chi connectivity index (χ2n) is 24.2. The minimum absolute atomic E-state index is 0.0294. The van der Waals surface area contributed by atoms with E-state index in [1.54, 1.807) is 0 Å². The first-order valence-corrected chi connectivity index (χ1v) is 35.2. The van der Waals surface area contributed by atoms with E-state index >= 15 is 0 Å². The Morgan fingerprint density at radius 1 is 0.397 bits per heavy atom. The average molecular weight is 1120 g/mol. The Balaban J connectivity index is 4.01. The van der Waals surface area contributed by atoms with Gasteiger partial charge in [0, 0.05) is 12.8 Å². The molecule has 0 aromatic carbocycles. The summed E-state index contributed by atoms with van der Waals surface area (Å²) in [4.78, 5) is 38.0. The molecule has 9 nitrogen and oxygen atoms in total. The zero-order chi connectivity index (χ0) is 57.0. The van der Waals surface area contributed by atoms with E-state index in [4.69, 9.17) is 18.5 Å². The van der Waals surface area contributed by atoms with E-state index in [9.17, 15) is 19.0 Å². The lowest BCUT2D eigenvalue weighted by atomic mass is 10.0. The highest BCUT2D eigenvalue weighted by molar-refractivity contribution is 7.45. The van der Waals surface area contributed by atoms with E-state index in [0.717, 1.165) is 44.9 Å². The van der Waals surface area contributed by atoms with Crippen LogP contribution < -0.4 is 4.89 Å². The highest BCUT2D eigenvalue weighted by atomic mass is 31.2. The highest BCUT2D eigenvalue weighted by Crippen LogP contribution is 2.38. The van der Waals surface area contributed by atoms with Gasteiger partial charge in [0.2, 0.25) is 0 Å². The van der Waals surface area contributed by atoms with Gasteiger partial charge in [0.1, 0.15) is 19.8 Å². The molecule has 78 heavy (non-hydrogen) atoms. The maximum atomic E-state index is 12.8. The first-order chi connectivity index (χ1) is 38.0. The van der Waals surface area contributed by atoms with Crippen LogP contribution in [0.15, 0.2) is 36.5 Å². The van der Waals surface area contributed by atoms with Gasteiger partial charge in [-0.25, -0.2) is 0 Å². The number of esters is 2. The molecule has 0 rings (SSSR count). The first kappa shape index (κ1) is 76.2. The highest BCUT2D eigenvalue weighted by Gasteiger charge is 2.22. The molecule has 460 valence electrons. The molecule has 0 spiro atoms. The van der Waals surface area contributed by atoms with Gasteiger partial charge in [-0.2, -0.15) is 0 Å². The smallest absolute Gasteiger partial charge is 0.306 e. The number of hydrogen-bond acceptors (Lipinski definition) is 8. The van der Waals surface area contributed by atoms with Gasteiger partial charge in [0.15, 0.2) is 6.10 Å². The lowest BCUT2D eigenvalue weighted by molar-refractivity contribution is -0.870. The number of likely N-dealkylation sites (N-methyl/N-ethyl adjacent to an activating group) is 1. The standard InChI is InChI=1S/C68H130NO8P/c1-6-8-10-12-14-16-18-20-22-24-26-28-30-31-32-33-34-35-36-37-39-40-42-44-46-48-50-52-54-56-58-60-67(70)74-64-66(65-76-78(72,73)75-63-62-69(3,4)5)77-68(71)61-59-57-55-53-51-49-47-45-43-41-38-29-27-25-23-21-19-17-15-13-11-9-7-2/h19,21,24-27,66H,6-18,20,22-23,28-65H2,1-5H3/b21-19-,26-24-,27-25-. The Kier molecular flexibility index (Phi) is 58.5. The number of quaternary nitrogens is 1. The van der Waals surface area contributed by atoms with Crippen LogP contribution in [0.2, 0.25) is 0 Å². The van der Waals surface area contributed by atoms with E-state index in [1.807, 2.05) is 21.1 Å². The Morgan fingerprint density at radius 3 is 1.03 bits per heavy atom. The largest absolute Gasteiger partial charge is 0.756 e. The molecular weight excluding hydrogens is 990 g/mol. The number of phosphoric acid groups is 1. The molecule has 0 amide bonds. The van der Waals surface area contributed by atoms with Crippen LogP contribution >= 0.6 is 7.82 Å². The molecule has 0 aliphatic rings. The summed E-state index contributed by atoms with van der Waals surface area (Å²) >= 11 is 0. The van der Waals surface area contributed by atoms with Crippen molar-refractivity contribution in [3.05, 3.63) is 36.5 Å². The molecule has 0 saturated carbocycles. The van der Waals surface area contributed by atoms with Crippen molar-refractivity contribution in [3.63, 3.8) is 0 Å². The van der Waals surface area contributed by atoms with Crippen LogP contribution in [0.5, 0.6) is 0 Å². The summed E-state index contributed by atoms with van der Waals surface area (Å²) in [6.07, 6.45) is 75.0. The number of carbonyl (C=O) groups is 2. The van der Waals surface area contributed by atoms with Crippen LogP contribution in [0.1, 0.15) is 335 Å². The van der Waals surface area contributed by atoms with Gasteiger partial charge >= 0.3 is 11.9 Å². The zero-order valence-electron chi connectivity index (χ0n) is 52.4. The topological polar surface area (TPSA) is 111 Å². The third-order valence-electron chi connectivity index (χ3n) is 15.1. The molecule has 10 heteroatoms. The van der Waals surface area contributed by atoms with Crippen LogP contribution in [0.3, 0.4) is 0 Å². The number of rotatable bonds is 63. The monoisotopic (exact) mass is 1120 g/mol. The summed E-state index contributed by atoms with van der Waals surface area (Å²) < 4.78 is 34.3. The second kappa shape index (κ2) is 59.8. The number of nitrogens with zero attached hydrogens (tertiary/aromatic N) is 1. The molecular formula is C68H130NO8P. The van der Waals surface area contributed by atoms with Crippen LogP contribution in [0.25, 0.3) is 0 Å². The Hall–Kier alpha value is -1.77. The Morgan fingerprint density at radius 2 is 0.692 bits per heavy atom. The fourth-order valence-electron chi connectivity index (χ4n) is 9.92. The summed E-state index contributed by atoms with van der Waals surface area (Å²) in [6.45, 7) is 4.28. The fraction of sp³-hybridized carbons (Fsp3) is 0.882. The lowest BCUT2D eigenvalue weighted by Gasteiger charge is -2.28. The van der Waals surface area contributed by atoms with Crippen molar-refractivity contribution in [1.29, 1.82) is 0 Å². The number of phosphoric ester groups is 1. The minimum atomic E-state index is -4.64. The van der Waals surface area contributed by atoms with Gasteiger partial charge in [0.05, 0.1) is 27.7 Å². The number of ether oxygens (including phenoxy) is 2. The molecule has 0 aromatic heterocycles. The van der Waals surface area contributed by atoms with Gasteiger partial charge in [-0.3, -0.25) is 14.2 Å². The summed E-state index contributed by atoms with van der Waals surface area (Å²) in [5.41, 5.74) is 0.